The third kappa shape index (κ3) is 25.8. The van der Waals surface area contributed by atoms with E-state index in [1.807, 2.05) is 0 Å². The van der Waals surface area contributed by atoms with E-state index < -0.39 is 0 Å². The van der Waals surface area contributed by atoms with Gasteiger partial charge in [-0.25, -0.2) is 0 Å². The van der Waals surface area contributed by atoms with Crippen LogP contribution in [0.3, 0.4) is 0 Å². The Hall–Kier alpha value is -0.200. The first-order valence-electron chi connectivity index (χ1n) is 12.9. The molecule has 0 unspecified atom stereocenters. The van der Waals surface area contributed by atoms with Crippen molar-refractivity contribution >= 4 is 12.6 Å². The molecule has 3 heteroatoms. The molecule has 0 bridgehead atoms. The summed E-state index contributed by atoms with van der Waals surface area (Å²) in [6.45, 7) is 6.89. The van der Waals surface area contributed by atoms with E-state index in [-0.39, 0.29) is 5.54 Å². The van der Waals surface area contributed by atoms with E-state index in [9.17, 15) is 0 Å². The van der Waals surface area contributed by atoms with Gasteiger partial charge in [0.25, 0.3) is 0 Å². The van der Waals surface area contributed by atoms with Crippen molar-refractivity contribution in [2.45, 2.75) is 161 Å². The molecule has 29 heavy (non-hydrogen) atoms. The molecule has 0 radical (unpaired) electrons. The van der Waals surface area contributed by atoms with Crippen LogP contribution in [0.5, 0.6) is 0 Å². The number of hydrogen-bond acceptors (Lipinski definition) is 3. The fraction of sp³-hybridized carbons (Fsp3) is 0.962. The molecule has 0 aromatic rings. The Balaban J connectivity index is 0. The van der Waals surface area contributed by atoms with Crippen LogP contribution in [0.2, 0.25) is 0 Å². The fourth-order valence-electron chi connectivity index (χ4n) is 4.15. The number of unbranched alkanes of at least 4 members (excludes halogenated alkanes) is 15. The first-order valence-corrected chi connectivity index (χ1v) is 13.4. The second-order valence-corrected chi connectivity index (χ2v) is 9.22. The van der Waals surface area contributed by atoms with E-state index in [1.165, 1.54) is 140 Å². The molecule has 0 spiro atoms. The van der Waals surface area contributed by atoms with Crippen molar-refractivity contribution < 1.29 is 0 Å². The molecule has 0 rings (SSSR count). The van der Waals surface area contributed by atoms with Crippen molar-refractivity contribution in [3.05, 3.63) is 0 Å². The third-order valence-corrected chi connectivity index (χ3v) is 6.08. The predicted molar refractivity (Wildman–Crippen MR) is 135 cm³/mol. The quantitative estimate of drug-likeness (QED) is 0.109. The Morgan fingerprint density at radius 2 is 0.759 bits per heavy atom. The maximum atomic E-state index is 7.18. The van der Waals surface area contributed by atoms with E-state index in [0.29, 0.717) is 0 Å². The lowest BCUT2D eigenvalue weighted by Crippen LogP contribution is -2.39. The van der Waals surface area contributed by atoms with Gasteiger partial charge in [-0.3, -0.25) is 0 Å². The molecule has 0 aliphatic rings. The molecular formula is C26H54N2S. The minimum absolute atomic E-state index is 0.139. The van der Waals surface area contributed by atoms with Gasteiger partial charge in [-0.2, -0.15) is 5.26 Å². The maximum Gasteiger partial charge on any atom is 0.130 e. The molecule has 2 N–H and O–H groups in total. The normalized spacial score (nSPS) is 11.0. The number of thiol groups is 1. The van der Waals surface area contributed by atoms with E-state index in [2.05, 4.69) is 33.4 Å². The van der Waals surface area contributed by atoms with Gasteiger partial charge in [-0.15, -0.1) is 0 Å². The fourth-order valence-corrected chi connectivity index (χ4v) is 4.15. The summed E-state index contributed by atoms with van der Waals surface area (Å²) in [6, 6.07) is 0. The smallest absolute Gasteiger partial charge is 0.130 e. The number of nitriles is 1. The van der Waals surface area contributed by atoms with Crippen LogP contribution < -0.4 is 5.73 Å². The van der Waals surface area contributed by atoms with Crippen molar-refractivity contribution in [1.82, 2.24) is 0 Å². The van der Waals surface area contributed by atoms with E-state index in [0.717, 1.165) is 0 Å². The number of rotatable bonds is 21. The molecule has 0 heterocycles. The Morgan fingerprint density at radius 3 is 1.00 bits per heavy atom. The summed E-state index contributed by atoms with van der Waals surface area (Å²) in [6.07, 6.45) is 28.8. The molecule has 174 valence electrons. The van der Waals surface area contributed by atoms with Crippen molar-refractivity contribution in [3.63, 3.8) is 0 Å². The summed E-state index contributed by atoms with van der Waals surface area (Å²) in [5.41, 5.74) is 7.06. The molecule has 0 aliphatic heterocycles. The van der Waals surface area contributed by atoms with Crippen molar-refractivity contribution in [3.8, 4) is 5.40 Å². The molecular weight excluding hydrogens is 372 g/mol. The first kappa shape index (κ1) is 31.0. The average molecular weight is 427 g/mol. The minimum atomic E-state index is 0.139. The van der Waals surface area contributed by atoms with Crippen molar-refractivity contribution in [2.24, 2.45) is 5.73 Å². The molecule has 0 aliphatic carbocycles. The first-order chi connectivity index (χ1) is 14.1. The standard InChI is InChI=1S/C25H53N.CHNS/c1-4-7-10-13-16-19-22-25(26,23-20-17-14-11-8-5-2)24-21-18-15-12-9-6-3;2-1-3/h4-24,26H2,1-3H3;3H. The van der Waals surface area contributed by atoms with Crippen molar-refractivity contribution in [2.75, 3.05) is 0 Å². The van der Waals surface area contributed by atoms with Gasteiger partial charge in [0, 0.05) is 5.54 Å². The lowest BCUT2D eigenvalue weighted by molar-refractivity contribution is 0.302. The van der Waals surface area contributed by atoms with E-state index in [1.54, 1.807) is 0 Å². The largest absolute Gasteiger partial charge is 0.325 e. The highest BCUT2D eigenvalue weighted by atomic mass is 32.1. The number of thiocyanates is 1. The van der Waals surface area contributed by atoms with Crippen LogP contribution in [0, 0.1) is 10.7 Å². The summed E-state index contributed by atoms with van der Waals surface area (Å²) in [5.74, 6) is 0. The van der Waals surface area contributed by atoms with Crippen LogP contribution in [0.4, 0.5) is 0 Å². The Labute approximate surface area is 190 Å². The Bertz CT molecular complexity index is 297. The molecule has 0 aromatic carbocycles. The zero-order valence-corrected chi connectivity index (χ0v) is 21.2. The van der Waals surface area contributed by atoms with E-state index in [4.69, 9.17) is 11.0 Å². The summed E-state index contributed by atoms with van der Waals surface area (Å²) < 4.78 is 0. The summed E-state index contributed by atoms with van der Waals surface area (Å²) in [5, 5.41) is 8.63. The predicted octanol–water partition coefficient (Wildman–Crippen LogP) is 9.33. The van der Waals surface area contributed by atoms with Gasteiger partial charge in [-0.1, -0.05) is 149 Å². The van der Waals surface area contributed by atoms with Gasteiger partial charge in [0.05, 0.1) is 0 Å². The van der Waals surface area contributed by atoms with Crippen LogP contribution in [-0.4, -0.2) is 5.54 Å². The molecule has 0 saturated heterocycles. The summed E-state index contributed by atoms with van der Waals surface area (Å²) in [7, 11) is 0. The van der Waals surface area contributed by atoms with Gasteiger partial charge < -0.3 is 5.73 Å². The second kappa shape index (κ2) is 25.8. The van der Waals surface area contributed by atoms with E-state index >= 15 is 0 Å². The number of nitrogens with zero attached hydrogens (tertiary/aromatic N) is 1. The maximum absolute atomic E-state index is 7.18. The molecule has 0 aromatic heterocycles. The highest BCUT2D eigenvalue weighted by molar-refractivity contribution is 7.85. The lowest BCUT2D eigenvalue weighted by Gasteiger charge is -2.30. The van der Waals surface area contributed by atoms with Gasteiger partial charge >= 0.3 is 0 Å². The zero-order valence-electron chi connectivity index (χ0n) is 20.3. The van der Waals surface area contributed by atoms with Crippen LogP contribution in [0.15, 0.2) is 0 Å². The molecule has 0 fully saturated rings. The minimum Gasteiger partial charge on any atom is -0.325 e. The average Bonchev–Trinajstić information content (AvgIpc) is 2.71. The Kier molecular flexibility index (Phi) is 27.6. The molecule has 0 atom stereocenters. The third-order valence-electron chi connectivity index (χ3n) is 6.08. The molecule has 0 saturated carbocycles. The number of nitrogens with two attached hydrogens (primary N) is 1. The highest BCUT2D eigenvalue weighted by Crippen LogP contribution is 2.27. The highest BCUT2D eigenvalue weighted by Gasteiger charge is 2.23. The summed E-state index contributed by atoms with van der Waals surface area (Å²) in [4.78, 5) is 0. The van der Waals surface area contributed by atoms with Gasteiger partial charge in [0.15, 0.2) is 0 Å². The van der Waals surface area contributed by atoms with Crippen LogP contribution in [0.1, 0.15) is 156 Å². The molecule has 2 nitrogen and oxygen atoms in total. The number of hydrogen-bond donors (Lipinski definition) is 2. The van der Waals surface area contributed by atoms with Crippen LogP contribution >= 0.6 is 12.6 Å². The lowest BCUT2D eigenvalue weighted by atomic mass is 9.82. The monoisotopic (exact) mass is 426 g/mol. The van der Waals surface area contributed by atoms with Gasteiger partial charge in [0.1, 0.15) is 5.40 Å². The van der Waals surface area contributed by atoms with Crippen LogP contribution in [-0.2, 0) is 0 Å². The Morgan fingerprint density at radius 1 is 0.552 bits per heavy atom. The zero-order chi connectivity index (χ0) is 22.1. The second-order valence-electron chi connectivity index (χ2n) is 9.02. The molecule has 0 amide bonds. The topological polar surface area (TPSA) is 49.8 Å². The van der Waals surface area contributed by atoms with Crippen LogP contribution in [0.25, 0.3) is 0 Å². The van der Waals surface area contributed by atoms with Crippen molar-refractivity contribution in [1.29, 1.82) is 5.26 Å². The summed E-state index contributed by atoms with van der Waals surface area (Å²) >= 11 is 3.09. The van der Waals surface area contributed by atoms with Gasteiger partial charge in [0.2, 0.25) is 0 Å². The van der Waals surface area contributed by atoms with Gasteiger partial charge in [-0.05, 0) is 19.3 Å². The SMILES string of the molecule is CCCCCCCCC(N)(CCCCCCCC)CCCCCCCC.N#CS.